The molecule has 0 bridgehead atoms. The number of anilines is 1. The summed E-state index contributed by atoms with van der Waals surface area (Å²) in [6.45, 7) is 9.47. The second kappa shape index (κ2) is 6.46. The molecule has 1 heterocycles. The molecule has 1 aromatic carbocycles. The normalized spacial score (nSPS) is 15.8. The van der Waals surface area contributed by atoms with Gasteiger partial charge in [-0.3, -0.25) is 0 Å². The number of hydrogen-bond donors (Lipinski definition) is 1. The number of rotatable bonds is 2. The van der Waals surface area contributed by atoms with Gasteiger partial charge in [-0.15, -0.1) is 0 Å². The van der Waals surface area contributed by atoms with Crippen LogP contribution in [0.1, 0.15) is 18.1 Å². The third kappa shape index (κ3) is 3.13. The molecule has 0 radical (unpaired) electrons. The van der Waals surface area contributed by atoms with Crippen molar-refractivity contribution in [1.82, 2.24) is 10.2 Å². The van der Waals surface area contributed by atoms with Gasteiger partial charge in [-0.25, -0.2) is 4.79 Å². The third-order valence-corrected chi connectivity index (χ3v) is 3.86. The van der Waals surface area contributed by atoms with Crippen molar-refractivity contribution < 1.29 is 4.79 Å². The molecule has 1 fully saturated rings. The molecule has 0 aliphatic carbocycles. The lowest BCUT2D eigenvalue weighted by Gasteiger charge is -2.36. The monoisotopic (exact) mass is 273 g/mol. The molecule has 1 aliphatic rings. The summed E-state index contributed by atoms with van der Waals surface area (Å²) < 4.78 is 0. The van der Waals surface area contributed by atoms with Crippen LogP contribution < -0.4 is 10.2 Å². The average molecular weight is 273 g/mol. The van der Waals surface area contributed by atoms with E-state index in [0.29, 0.717) is 0 Å². The topological polar surface area (TPSA) is 35.6 Å². The number of nitrogens with zero attached hydrogens (tertiary/aromatic N) is 2. The average Bonchev–Trinajstić information content (AvgIpc) is 2.48. The van der Waals surface area contributed by atoms with Crippen LogP contribution in [-0.2, 0) is 0 Å². The van der Waals surface area contributed by atoms with Gasteiger partial charge in [-0.05, 0) is 38.0 Å². The van der Waals surface area contributed by atoms with Gasteiger partial charge in [0.1, 0.15) is 0 Å². The number of urea groups is 1. The first kappa shape index (κ1) is 14.4. The zero-order valence-corrected chi connectivity index (χ0v) is 12.5. The first-order valence-electron chi connectivity index (χ1n) is 7.11. The molecule has 2 rings (SSSR count). The lowest BCUT2D eigenvalue weighted by Crippen LogP contribution is -2.51. The summed E-state index contributed by atoms with van der Waals surface area (Å²) in [5, 5.41) is 2.77. The number of nitrogens with one attached hydrogen (secondary N) is 1. The quantitative estimate of drug-likeness (QED) is 0.899. The molecule has 0 spiro atoms. The molecule has 1 aliphatic heterocycles. The van der Waals surface area contributed by atoms with E-state index in [-0.39, 0.29) is 6.03 Å². The maximum Gasteiger partial charge on any atom is 0.321 e. The summed E-state index contributed by atoms with van der Waals surface area (Å²) in [7, 11) is 0. The molecular weight excluding hydrogens is 250 g/mol. The highest BCUT2D eigenvalue weighted by molar-refractivity contribution is 5.75. The predicted molar refractivity (Wildman–Crippen MR) is 83.0 cm³/mol. The standard InChI is InChI=1S/C16H23N3O/c1-4-8-17-16(20)19-11-9-18(10-12-19)15-7-5-6-13(2)14(15)3/h4-8H,9-12H2,1-3H3,(H,17,20)/b8-4+. The molecule has 2 amide bonds. The van der Waals surface area contributed by atoms with E-state index in [1.54, 1.807) is 6.20 Å². The van der Waals surface area contributed by atoms with Crippen LogP contribution in [0.15, 0.2) is 30.5 Å². The van der Waals surface area contributed by atoms with E-state index in [4.69, 9.17) is 0 Å². The summed E-state index contributed by atoms with van der Waals surface area (Å²) in [5.41, 5.74) is 3.94. The maximum absolute atomic E-state index is 11.9. The van der Waals surface area contributed by atoms with E-state index in [1.807, 2.05) is 17.9 Å². The minimum absolute atomic E-state index is 0.0104. The molecular formula is C16H23N3O. The van der Waals surface area contributed by atoms with E-state index in [2.05, 4.69) is 42.3 Å². The Bertz CT molecular complexity index is 502. The largest absolute Gasteiger partial charge is 0.368 e. The first-order chi connectivity index (χ1) is 9.63. The molecule has 4 nitrogen and oxygen atoms in total. The van der Waals surface area contributed by atoms with E-state index in [1.165, 1.54) is 16.8 Å². The smallest absolute Gasteiger partial charge is 0.321 e. The van der Waals surface area contributed by atoms with Crippen LogP contribution in [0, 0.1) is 13.8 Å². The van der Waals surface area contributed by atoms with Crippen LogP contribution in [0.4, 0.5) is 10.5 Å². The molecule has 0 saturated carbocycles. The van der Waals surface area contributed by atoms with Gasteiger partial charge >= 0.3 is 6.03 Å². The fourth-order valence-electron chi connectivity index (χ4n) is 2.47. The number of hydrogen-bond acceptors (Lipinski definition) is 2. The Balaban J connectivity index is 1.97. The Labute approximate surface area is 121 Å². The van der Waals surface area contributed by atoms with Crippen LogP contribution in [0.3, 0.4) is 0 Å². The molecule has 4 heteroatoms. The minimum Gasteiger partial charge on any atom is -0.368 e. The van der Waals surface area contributed by atoms with Gasteiger partial charge in [0.05, 0.1) is 0 Å². The Morgan fingerprint density at radius 2 is 1.90 bits per heavy atom. The van der Waals surface area contributed by atoms with Crippen molar-refractivity contribution >= 4 is 11.7 Å². The van der Waals surface area contributed by atoms with Crippen LogP contribution in [0.5, 0.6) is 0 Å². The summed E-state index contributed by atoms with van der Waals surface area (Å²) in [6, 6.07) is 6.39. The second-order valence-electron chi connectivity index (χ2n) is 5.14. The zero-order chi connectivity index (χ0) is 14.5. The number of aryl methyl sites for hydroxylation is 1. The summed E-state index contributed by atoms with van der Waals surface area (Å²) in [6.07, 6.45) is 3.50. The van der Waals surface area contributed by atoms with Gasteiger partial charge in [-0.2, -0.15) is 0 Å². The lowest BCUT2D eigenvalue weighted by atomic mass is 10.1. The molecule has 20 heavy (non-hydrogen) atoms. The second-order valence-corrected chi connectivity index (χ2v) is 5.14. The van der Waals surface area contributed by atoms with Crippen LogP contribution in [-0.4, -0.2) is 37.1 Å². The Kier molecular flexibility index (Phi) is 4.66. The highest BCUT2D eigenvalue weighted by Gasteiger charge is 2.21. The van der Waals surface area contributed by atoms with Crippen molar-refractivity contribution in [1.29, 1.82) is 0 Å². The summed E-state index contributed by atoms with van der Waals surface area (Å²) >= 11 is 0. The minimum atomic E-state index is -0.0104. The summed E-state index contributed by atoms with van der Waals surface area (Å²) in [5.74, 6) is 0. The van der Waals surface area contributed by atoms with Crippen LogP contribution in [0.25, 0.3) is 0 Å². The SMILES string of the molecule is C/C=C/NC(=O)N1CCN(c2cccc(C)c2C)CC1. The van der Waals surface area contributed by atoms with Crippen molar-refractivity contribution in [3.05, 3.63) is 41.6 Å². The molecule has 0 aromatic heterocycles. The van der Waals surface area contributed by atoms with E-state index < -0.39 is 0 Å². The first-order valence-corrected chi connectivity index (χ1v) is 7.11. The zero-order valence-electron chi connectivity index (χ0n) is 12.5. The molecule has 1 aromatic rings. The number of piperazine rings is 1. The van der Waals surface area contributed by atoms with E-state index in [0.717, 1.165) is 26.2 Å². The number of carbonyl (C=O) groups is 1. The number of benzene rings is 1. The fourth-order valence-corrected chi connectivity index (χ4v) is 2.47. The van der Waals surface area contributed by atoms with Gasteiger partial charge in [0, 0.05) is 38.1 Å². The van der Waals surface area contributed by atoms with E-state index in [9.17, 15) is 4.79 Å². The highest BCUT2D eigenvalue weighted by Crippen LogP contribution is 2.23. The van der Waals surface area contributed by atoms with Gasteiger partial charge in [0.15, 0.2) is 0 Å². The summed E-state index contributed by atoms with van der Waals surface area (Å²) in [4.78, 5) is 16.1. The number of allylic oxidation sites excluding steroid dienone is 1. The van der Waals surface area contributed by atoms with Gasteiger partial charge < -0.3 is 15.1 Å². The molecule has 0 atom stereocenters. The van der Waals surface area contributed by atoms with Gasteiger partial charge in [0.2, 0.25) is 0 Å². The maximum atomic E-state index is 11.9. The van der Waals surface area contributed by atoms with Gasteiger partial charge in [0.25, 0.3) is 0 Å². The van der Waals surface area contributed by atoms with Crippen molar-refractivity contribution in [3.8, 4) is 0 Å². The molecule has 108 valence electrons. The van der Waals surface area contributed by atoms with Crippen molar-refractivity contribution in [2.75, 3.05) is 31.1 Å². The molecule has 1 saturated heterocycles. The number of amides is 2. The number of carbonyl (C=O) groups excluding carboxylic acids is 1. The Hall–Kier alpha value is -1.97. The highest BCUT2D eigenvalue weighted by atomic mass is 16.2. The van der Waals surface area contributed by atoms with Crippen molar-refractivity contribution in [3.63, 3.8) is 0 Å². The lowest BCUT2D eigenvalue weighted by molar-refractivity contribution is 0.198. The molecule has 1 N–H and O–H groups in total. The van der Waals surface area contributed by atoms with Crippen molar-refractivity contribution in [2.24, 2.45) is 0 Å². The van der Waals surface area contributed by atoms with Crippen LogP contribution in [0.2, 0.25) is 0 Å². The van der Waals surface area contributed by atoms with Crippen LogP contribution >= 0.6 is 0 Å². The Morgan fingerprint density at radius 1 is 1.20 bits per heavy atom. The van der Waals surface area contributed by atoms with Gasteiger partial charge in [-0.1, -0.05) is 18.2 Å². The fraction of sp³-hybridized carbons (Fsp3) is 0.438. The molecule has 0 unspecified atom stereocenters. The Morgan fingerprint density at radius 3 is 2.55 bits per heavy atom. The van der Waals surface area contributed by atoms with Crippen molar-refractivity contribution in [2.45, 2.75) is 20.8 Å². The van der Waals surface area contributed by atoms with E-state index >= 15 is 0 Å². The third-order valence-electron chi connectivity index (χ3n) is 3.86. The predicted octanol–water partition coefficient (Wildman–Crippen LogP) is 2.67.